The quantitative estimate of drug-likeness (QED) is 0.744. The Kier molecular flexibility index (Phi) is 3.30. The molecule has 0 aliphatic heterocycles. The zero-order valence-corrected chi connectivity index (χ0v) is 12.5. The Bertz CT molecular complexity index is 596. The van der Waals surface area contributed by atoms with Gasteiger partial charge in [-0.3, -0.25) is 0 Å². The van der Waals surface area contributed by atoms with Gasteiger partial charge < -0.3 is 4.57 Å². The summed E-state index contributed by atoms with van der Waals surface area (Å²) in [6.07, 6.45) is 4.83. The van der Waals surface area contributed by atoms with Crippen molar-refractivity contribution < 1.29 is 0 Å². The highest BCUT2D eigenvalue weighted by molar-refractivity contribution is 6.17. The van der Waals surface area contributed by atoms with Crippen LogP contribution in [0.15, 0.2) is 18.2 Å². The van der Waals surface area contributed by atoms with Crippen molar-refractivity contribution in [3.05, 3.63) is 29.6 Å². The summed E-state index contributed by atoms with van der Waals surface area (Å²) in [5.74, 6) is 1.79. The van der Waals surface area contributed by atoms with Gasteiger partial charge >= 0.3 is 0 Å². The zero-order chi connectivity index (χ0) is 13.5. The minimum atomic E-state index is 0.526. The van der Waals surface area contributed by atoms with E-state index in [2.05, 4.69) is 36.6 Å². The minimum absolute atomic E-state index is 0.526. The summed E-state index contributed by atoms with van der Waals surface area (Å²) in [7, 11) is 0. The van der Waals surface area contributed by atoms with Crippen molar-refractivity contribution in [3.63, 3.8) is 0 Å². The van der Waals surface area contributed by atoms with E-state index in [1.54, 1.807) is 0 Å². The minimum Gasteiger partial charge on any atom is -0.327 e. The Hall–Kier alpha value is -1.02. The fraction of sp³-hybridized carbons (Fsp3) is 0.562. The highest BCUT2D eigenvalue weighted by atomic mass is 35.5. The van der Waals surface area contributed by atoms with Crippen molar-refractivity contribution in [1.29, 1.82) is 0 Å². The van der Waals surface area contributed by atoms with Crippen LogP contribution in [0.5, 0.6) is 0 Å². The number of hydrogen-bond acceptors (Lipinski definition) is 1. The maximum atomic E-state index is 5.93. The molecule has 0 N–H and O–H groups in total. The van der Waals surface area contributed by atoms with Gasteiger partial charge in [0.25, 0.3) is 0 Å². The van der Waals surface area contributed by atoms with Crippen molar-refractivity contribution in [3.8, 4) is 0 Å². The topological polar surface area (TPSA) is 17.8 Å². The van der Waals surface area contributed by atoms with Gasteiger partial charge in [-0.2, -0.15) is 0 Å². The standard InChI is InChI=1S/C16H21ClN2/c1-3-16(7-8-16)11-19-14-10-12(2)4-5-13(14)18-15(19)6-9-17/h4-5,10H,3,6-9,11H2,1-2H3. The molecule has 1 heterocycles. The first-order chi connectivity index (χ1) is 9.17. The van der Waals surface area contributed by atoms with Crippen LogP contribution in [0.3, 0.4) is 0 Å². The maximum absolute atomic E-state index is 5.93. The van der Waals surface area contributed by atoms with E-state index in [1.807, 2.05) is 0 Å². The van der Waals surface area contributed by atoms with E-state index < -0.39 is 0 Å². The summed E-state index contributed by atoms with van der Waals surface area (Å²) in [6, 6.07) is 6.52. The number of benzene rings is 1. The van der Waals surface area contributed by atoms with E-state index in [-0.39, 0.29) is 0 Å². The third-order valence-electron chi connectivity index (χ3n) is 4.50. The molecule has 2 aromatic rings. The number of alkyl halides is 1. The van der Waals surface area contributed by atoms with Crippen LogP contribution >= 0.6 is 11.6 Å². The van der Waals surface area contributed by atoms with E-state index in [9.17, 15) is 0 Å². The number of imidazole rings is 1. The molecule has 0 radical (unpaired) electrons. The second-order valence-corrected chi connectivity index (χ2v) is 6.28. The lowest BCUT2D eigenvalue weighted by Crippen LogP contribution is -2.14. The average Bonchev–Trinajstić information content (AvgIpc) is 3.11. The number of fused-ring (bicyclic) bond motifs is 1. The summed E-state index contributed by atoms with van der Waals surface area (Å²) >= 11 is 5.93. The van der Waals surface area contributed by atoms with Crippen LogP contribution in [0.4, 0.5) is 0 Å². The van der Waals surface area contributed by atoms with E-state index in [0.717, 1.165) is 24.3 Å². The molecule has 1 aliphatic rings. The molecule has 1 aromatic carbocycles. The van der Waals surface area contributed by atoms with Gasteiger partial charge in [0.1, 0.15) is 5.82 Å². The maximum Gasteiger partial charge on any atom is 0.111 e. The van der Waals surface area contributed by atoms with Crippen LogP contribution in [0, 0.1) is 12.3 Å². The second-order valence-electron chi connectivity index (χ2n) is 5.90. The summed E-state index contributed by atoms with van der Waals surface area (Å²) < 4.78 is 2.42. The normalized spacial score (nSPS) is 17.0. The average molecular weight is 277 g/mol. The van der Waals surface area contributed by atoms with Crippen molar-refractivity contribution in [1.82, 2.24) is 9.55 Å². The van der Waals surface area contributed by atoms with Crippen LogP contribution in [0.1, 0.15) is 37.6 Å². The van der Waals surface area contributed by atoms with Crippen LogP contribution < -0.4 is 0 Å². The predicted octanol–water partition coefficient (Wildman–Crippen LogP) is 4.32. The molecule has 1 saturated carbocycles. The number of hydrogen-bond donors (Lipinski definition) is 0. The molecule has 3 rings (SSSR count). The smallest absolute Gasteiger partial charge is 0.111 e. The SMILES string of the molecule is CCC1(Cn2c(CCCl)nc3ccc(C)cc32)CC1. The first-order valence-electron chi connectivity index (χ1n) is 7.19. The molecule has 102 valence electrons. The highest BCUT2D eigenvalue weighted by Gasteiger charge is 2.41. The molecule has 1 aliphatic carbocycles. The van der Waals surface area contributed by atoms with Gasteiger partial charge in [0, 0.05) is 18.8 Å². The first kappa shape index (κ1) is 13.0. The largest absolute Gasteiger partial charge is 0.327 e. The molecule has 0 bridgehead atoms. The van der Waals surface area contributed by atoms with Crippen molar-refractivity contribution in [2.24, 2.45) is 5.41 Å². The predicted molar refractivity (Wildman–Crippen MR) is 80.9 cm³/mol. The molecule has 0 atom stereocenters. The highest BCUT2D eigenvalue weighted by Crippen LogP contribution is 2.50. The fourth-order valence-corrected chi connectivity index (χ4v) is 3.04. The lowest BCUT2D eigenvalue weighted by Gasteiger charge is -2.16. The van der Waals surface area contributed by atoms with E-state index in [4.69, 9.17) is 16.6 Å². The monoisotopic (exact) mass is 276 g/mol. The third-order valence-corrected chi connectivity index (χ3v) is 4.69. The molecular formula is C16H21ClN2. The lowest BCUT2D eigenvalue weighted by atomic mass is 10.0. The van der Waals surface area contributed by atoms with Gasteiger partial charge in [-0.15, -0.1) is 11.6 Å². The first-order valence-corrected chi connectivity index (χ1v) is 7.73. The number of rotatable bonds is 5. The molecule has 2 nitrogen and oxygen atoms in total. The number of nitrogens with zero attached hydrogens (tertiary/aromatic N) is 2. The Morgan fingerprint density at radius 1 is 1.37 bits per heavy atom. The Morgan fingerprint density at radius 3 is 2.79 bits per heavy atom. The van der Waals surface area contributed by atoms with Crippen molar-refractivity contribution in [2.75, 3.05) is 5.88 Å². The lowest BCUT2D eigenvalue weighted by molar-refractivity contribution is 0.408. The van der Waals surface area contributed by atoms with E-state index in [1.165, 1.54) is 30.3 Å². The molecular weight excluding hydrogens is 256 g/mol. The van der Waals surface area contributed by atoms with Crippen LogP contribution in [0.25, 0.3) is 11.0 Å². The van der Waals surface area contributed by atoms with Gasteiger partial charge in [0.2, 0.25) is 0 Å². The van der Waals surface area contributed by atoms with Gasteiger partial charge in [-0.1, -0.05) is 13.0 Å². The summed E-state index contributed by atoms with van der Waals surface area (Å²) in [5, 5.41) is 0. The van der Waals surface area contributed by atoms with E-state index in [0.29, 0.717) is 11.3 Å². The van der Waals surface area contributed by atoms with Crippen LogP contribution in [-0.2, 0) is 13.0 Å². The second kappa shape index (κ2) is 4.82. The third kappa shape index (κ3) is 2.38. The fourth-order valence-electron chi connectivity index (χ4n) is 2.87. The van der Waals surface area contributed by atoms with Gasteiger partial charge in [0.15, 0.2) is 0 Å². The Morgan fingerprint density at radius 2 is 2.16 bits per heavy atom. The Balaban J connectivity index is 2.07. The van der Waals surface area contributed by atoms with Gasteiger partial charge in [-0.25, -0.2) is 4.98 Å². The van der Waals surface area contributed by atoms with Gasteiger partial charge in [-0.05, 0) is 49.3 Å². The summed E-state index contributed by atoms with van der Waals surface area (Å²) in [5.41, 5.74) is 4.21. The summed E-state index contributed by atoms with van der Waals surface area (Å²) in [4.78, 5) is 4.77. The molecule has 19 heavy (non-hydrogen) atoms. The molecule has 1 fully saturated rings. The van der Waals surface area contributed by atoms with Crippen molar-refractivity contribution in [2.45, 2.75) is 46.1 Å². The van der Waals surface area contributed by atoms with Gasteiger partial charge in [0.05, 0.1) is 11.0 Å². The number of aromatic nitrogens is 2. The van der Waals surface area contributed by atoms with Crippen LogP contribution in [-0.4, -0.2) is 15.4 Å². The molecule has 3 heteroatoms. The van der Waals surface area contributed by atoms with Crippen molar-refractivity contribution >= 4 is 22.6 Å². The zero-order valence-electron chi connectivity index (χ0n) is 11.7. The van der Waals surface area contributed by atoms with E-state index >= 15 is 0 Å². The molecule has 1 aromatic heterocycles. The number of halogens is 1. The summed E-state index contributed by atoms with van der Waals surface area (Å²) in [6.45, 7) is 5.55. The molecule has 0 saturated heterocycles. The molecule has 0 spiro atoms. The van der Waals surface area contributed by atoms with Crippen LogP contribution in [0.2, 0.25) is 0 Å². The Labute approximate surface area is 119 Å². The number of aryl methyl sites for hydroxylation is 2. The molecule has 0 unspecified atom stereocenters. The molecule has 0 amide bonds.